The van der Waals surface area contributed by atoms with Crippen molar-refractivity contribution in [3.63, 3.8) is 0 Å². The summed E-state index contributed by atoms with van der Waals surface area (Å²) in [7, 11) is 2.04. The Labute approximate surface area is 96.1 Å². The highest BCUT2D eigenvalue weighted by atomic mass is 32.1. The Hall–Kier alpha value is -0.410. The highest BCUT2D eigenvalue weighted by Gasteiger charge is 2.40. The van der Waals surface area contributed by atoms with E-state index in [0.29, 0.717) is 5.41 Å². The molecule has 1 fully saturated rings. The maximum atomic E-state index is 4.79. The lowest BCUT2D eigenvalue weighted by molar-refractivity contribution is 0.238. The topological polar surface area (TPSA) is 24.9 Å². The van der Waals surface area contributed by atoms with Crippen LogP contribution in [0, 0.1) is 0 Å². The summed E-state index contributed by atoms with van der Waals surface area (Å²) in [6.45, 7) is 3.30. The molecule has 0 spiro atoms. The third-order valence-electron chi connectivity index (χ3n) is 3.34. The average Bonchev–Trinajstić information content (AvgIpc) is 2.61. The molecule has 0 aliphatic heterocycles. The van der Waals surface area contributed by atoms with Crippen molar-refractivity contribution < 1.29 is 0 Å². The molecule has 2 rings (SSSR count). The molecule has 0 radical (unpaired) electrons. The molecule has 1 aromatic heterocycles. The van der Waals surface area contributed by atoms with E-state index in [1.165, 1.54) is 36.4 Å². The Bertz CT molecular complexity index is 315. The lowest BCUT2D eigenvalue weighted by Crippen LogP contribution is -2.42. The summed E-state index contributed by atoms with van der Waals surface area (Å²) in [5, 5.41) is 6.93. The van der Waals surface area contributed by atoms with Gasteiger partial charge in [-0.2, -0.15) is 0 Å². The zero-order valence-electron chi connectivity index (χ0n) is 9.68. The molecule has 15 heavy (non-hydrogen) atoms. The van der Waals surface area contributed by atoms with Crippen molar-refractivity contribution in [1.82, 2.24) is 10.3 Å². The molecular weight excluding hydrogens is 204 g/mol. The standard InChI is InChI=1S/C12H20N2S/c1-3-5-10-8-15-11(14-10)12(9-13-2)6-4-7-12/h8,13H,3-7,9H2,1-2H3. The summed E-state index contributed by atoms with van der Waals surface area (Å²) >= 11 is 1.86. The summed E-state index contributed by atoms with van der Waals surface area (Å²) in [6, 6.07) is 0. The van der Waals surface area contributed by atoms with Crippen LogP contribution in [0.2, 0.25) is 0 Å². The van der Waals surface area contributed by atoms with E-state index in [1.54, 1.807) is 0 Å². The fourth-order valence-electron chi connectivity index (χ4n) is 2.33. The predicted octanol–water partition coefficient (Wildman–Crippen LogP) is 2.74. The Morgan fingerprint density at radius 3 is 2.87 bits per heavy atom. The molecule has 1 aromatic rings. The van der Waals surface area contributed by atoms with Crippen LogP contribution in [0.25, 0.3) is 0 Å². The summed E-state index contributed by atoms with van der Waals surface area (Å²) in [4.78, 5) is 4.79. The minimum atomic E-state index is 0.380. The van der Waals surface area contributed by atoms with Gasteiger partial charge in [-0.3, -0.25) is 0 Å². The number of hydrogen-bond donors (Lipinski definition) is 1. The van der Waals surface area contributed by atoms with Gasteiger partial charge in [0.15, 0.2) is 0 Å². The van der Waals surface area contributed by atoms with Gasteiger partial charge in [0.25, 0.3) is 0 Å². The Morgan fingerprint density at radius 2 is 2.33 bits per heavy atom. The molecule has 1 aliphatic rings. The van der Waals surface area contributed by atoms with Crippen LogP contribution in [-0.4, -0.2) is 18.6 Å². The van der Waals surface area contributed by atoms with Gasteiger partial charge in [-0.05, 0) is 26.3 Å². The highest BCUT2D eigenvalue weighted by molar-refractivity contribution is 7.09. The van der Waals surface area contributed by atoms with E-state index in [4.69, 9.17) is 4.98 Å². The van der Waals surface area contributed by atoms with Gasteiger partial charge in [0.1, 0.15) is 5.01 Å². The largest absolute Gasteiger partial charge is 0.319 e. The van der Waals surface area contributed by atoms with Gasteiger partial charge in [-0.25, -0.2) is 4.98 Å². The van der Waals surface area contributed by atoms with Crippen LogP contribution in [0.5, 0.6) is 0 Å². The van der Waals surface area contributed by atoms with Crippen molar-refractivity contribution in [2.75, 3.05) is 13.6 Å². The Kier molecular flexibility index (Phi) is 3.42. The number of nitrogens with zero attached hydrogens (tertiary/aromatic N) is 1. The van der Waals surface area contributed by atoms with Crippen LogP contribution >= 0.6 is 11.3 Å². The first-order chi connectivity index (χ1) is 7.30. The fourth-order valence-corrected chi connectivity index (χ4v) is 3.44. The van der Waals surface area contributed by atoms with Gasteiger partial charge >= 0.3 is 0 Å². The Balaban J connectivity index is 2.12. The molecule has 1 aliphatic carbocycles. The van der Waals surface area contributed by atoms with E-state index < -0.39 is 0 Å². The minimum absolute atomic E-state index is 0.380. The SMILES string of the molecule is CCCc1csc(C2(CNC)CCC2)n1. The van der Waals surface area contributed by atoms with E-state index in [9.17, 15) is 0 Å². The van der Waals surface area contributed by atoms with Gasteiger partial charge in [-0.15, -0.1) is 11.3 Å². The van der Waals surface area contributed by atoms with E-state index >= 15 is 0 Å². The van der Waals surface area contributed by atoms with E-state index in [-0.39, 0.29) is 0 Å². The smallest absolute Gasteiger partial charge is 0.100 e. The van der Waals surface area contributed by atoms with Crippen molar-refractivity contribution in [2.24, 2.45) is 0 Å². The summed E-state index contributed by atoms with van der Waals surface area (Å²) < 4.78 is 0. The number of likely N-dealkylation sites (N-methyl/N-ethyl adjacent to an activating group) is 1. The monoisotopic (exact) mass is 224 g/mol. The summed E-state index contributed by atoms with van der Waals surface area (Å²) in [5.41, 5.74) is 1.67. The second-order valence-corrected chi connectivity index (χ2v) is 5.42. The first-order valence-electron chi connectivity index (χ1n) is 5.90. The van der Waals surface area contributed by atoms with E-state index in [2.05, 4.69) is 17.6 Å². The number of nitrogens with one attached hydrogen (secondary N) is 1. The predicted molar refractivity (Wildman–Crippen MR) is 65.6 cm³/mol. The van der Waals surface area contributed by atoms with Crippen molar-refractivity contribution in [1.29, 1.82) is 0 Å². The van der Waals surface area contributed by atoms with Crippen molar-refractivity contribution >= 4 is 11.3 Å². The molecule has 0 atom stereocenters. The normalized spacial score (nSPS) is 18.8. The Morgan fingerprint density at radius 1 is 1.53 bits per heavy atom. The zero-order valence-corrected chi connectivity index (χ0v) is 10.5. The number of hydrogen-bond acceptors (Lipinski definition) is 3. The number of thiazole rings is 1. The molecule has 0 unspecified atom stereocenters. The van der Waals surface area contributed by atoms with E-state index in [0.717, 1.165) is 13.0 Å². The third kappa shape index (κ3) is 2.08. The van der Waals surface area contributed by atoms with Gasteiger partial charge in [0.2, 0.25) is 0 Å². The van der Waals surface area contributed by atoms with Crippen molar-refractivity contribution in [3.8, 4) is 0 Å². The van der Waals surface area contributed by atoms with Crippen molar-refractivity contribution in [2.45, 2.75) is 44.4 Å². The number of rotatable bonds is 5. The molecule has 1 N–H and O–H groups in total. The van der Waals surface area contributed by atoms with Crippen LogP contribution in [-0.2, 0) is 11.8 Å². The summed E-state index contributed by atoms with van der Waals surface area (Å²) in [6.07, 6.45) is 6.32. The fraction of sp³-hybridized carbons (Fsp3) is 0.750. The van der Waals surface area contributed by atoms with Crippen LogP contribution in [0.1, 0.15) is 43.3 Å². The maximum Gasteiger partial charge on any atom is 0.100 e. The molecule has 1 heterocycles. The maximum absolute atomic E-state index is 4.79. The van der Waals surface area contributed by atoms with Crippen molar-refractivity contribution in [3.05, 3.63) is 16.1 Å². The van der Waals surface area contributed by atoms with Gasteiger partial charge in [0, 0.05) is 17.3 Å². The molecule has 3 heteroatoms. The molecule has 1 saturated carbocycles. The number of aromatic nitrogens is 1. The van der Waals surface area contributed by atoms with Crippen LogP contribution < -0.4 is 5.32 Å². The number of aryl methyl sites for hydroxylation is 1. The molecule has 0 amide bonds. The molecule has 2 nitrogen and oxygen atoms in total. The van der Waals surface area contributed by atoms with Gasteiger partial charge < -0.3 is 5.32 Å². The van der Waals surface area contributed by atoms with E-state index in [1.807, 2.05) is 18.4 Å². The van der Waals surface area contributed by atoms with Crippen LogP contribution in [0.3, 0.4) is 0 Å². The first kappa shape index (κ1) is 11.1. The second kappa shape index (κ2) is 4.62. The molecule has 0 saturated heterocycles. The van der Waals surface area contributed by atoms with Gasteiger partial charge in [0.05, 0.1) is 5.69 Å². The first-order valence-corrected chi connectivity index (χ1v) is 6.78. The lowest BCUT2D eigenvalue weighted by Gasteiger charge is -2.40. The van der Waals surface area contributed by atoms with Crippen LogP contribution in [0.15, 0.2) is 5.38 Å². The second-order valence-electron chi connectivity index (χ2n) is 4.56. The molecule has 0 aromatic carbocycles. The third-order valence-corrected chi connectivity index (χ3v) is 4.47. The zero-order chi connectivity index (χ0) is 10.7. The quantitative estimate of drug-likeness (QED) is 0.832. The molecule has 0 bridgehead atoms. The highest BCUT2D eigenvalue weighted by Crippen LogP contribution is 2.44. The minimum Gasteiger partial charge on any atom is -0.319 e. The van der Waals surface area contributed by atoms with Crippen LogP contribution in [0.4, 0.5) is 0 Å². The average molecular weight is 224 g/mol. The lowest BCUT2D eigenvalue weighted by atomic mass is 9.69. The van der Waals surface area contributed by atoms with Gasteiger partial charge in [-0.1, -0.05) is 19.8 Å². The molecular formula is C12H20N2S. The molecule has 84 valence electrons. The summed E-state index contributed by atoms with van der Waals surface area (Å²) in [5.74, 6) is 0.